The van der Waals surface area contributed by atoms with E-state index in [1.165, 1.54) is 5.56 Å². The van der Waals surface area contributed by atoms with Crippen molar-refractivity contribution < 1.29 is 4.79 Å². The van der Waals surface area contributed by atoms with E-state index in [4.69, 9.17) is 4.98 Å². The van der Waals surface area contributed by atoms with Gasteiger partial charge < -0.3 is 5.32 Å². The molecule has 0 atom stereocenters. The summed E-state index contributed by atoms with van der Waals surface area (Å²) in [5.41, 5.74) is 3.46. The van der Waals surface area contributed by atoms with Crippen LogP contribution in [0.4, 0.5) is 5.82 Å². The number of fused-ring (bicyclic) bond motifs is 2. The second-order valence-electron chi connectivity index (χ2n) is 6.56. The van der Waals surface area contributed by atoms with E-state index in [2.05, 4.69) is 52.3 Å². The minimum absolute atomic E-state index is 0.200. The molecule has 1 N–H and O–H groups in total. The maximum atomic E-state index is 12.7. The number of carbonyl (C=O) groups excluding carboxylic acids is 1. The van der Waals surface area contributed by atoms with Crippen molar-refractivity contribution in [2.75, 3.05) is 5.32 Å². The fourth-order valence-electron chi connectivity index (χ4n) is 3.14. The summed E-state index contributed by atoms with van der Waals surface area (Å²) in [5.74, 6) is 0.337. The molecule has 0 unspecified atom stereocenters. The molecule has 0 radical (unpaired) electrons. The molecule has 5 nitrogen and oxygen atoms in total. The van der Waals surface area contributed by atoms with Crippen molar-refractivity contribution in [2.24, 2.45) is 0 Å². The number of halogens is 1. The van der Waals surface area contributed by atoms with Crippen molar-refractivity contribution in [2.45, 2.75) is 26.8 Å². The first-order valence-corrected chi connectivity index (χ1v) is 9.70. The van der Waals surface area contributed by atoms with E-state index in [1.54, 1.807) is 6.07 Å². The average Bonchev–Trinajstić information content (AvgIpc) is 2.97. The van der Waals surface area contributed by atoms with Gasteiger partial charge in [0.15, 0.2) is 11.5 Å². The Hall–Kier alpha value is -2.73. The Labute approximate surface area is 165 Å². The predicted molar refractivity (Wildman–Crippen MR) is 112 cm³/mol. The molecule has 0 saturated carbocycles. The molecule has 6 heteroatoms. The maximum absolute atomic E-state index is 12.7. The number of amides is 1. The molecular formula is C21H19BrN4O. The number of rotatable bonds is 4. The second kappa shape index (κ2) is 7.12. The summed E-state index contributed by atoms with van der Waals surface area (Å²) in [6, 6.07) is 15.6. The summed E-state index contributed by atoms with van der Waals surface area (Å²) in [5, 5.41) is 9.46. The Balaban J connectivity index is 1.83. The molecular weight excluding hydrogens is 404 g/mol. The van der Waals surface area contributed by atoms with Gasteiger partial charge in [-0.2, -0.15) is 5.10 Å². The fourth-order valence-corrected chi connectivity index (χ4v) is 3.61. The highest BCUT2D eigenvalue weighted by molar-refractivity contribution is 9.10. The topological polar surface area (TPSA) is 59.8 Å². The molecule has 0 aliphatic carbocycles. The van der Waals surface area contributed by atoms with Gasteiger partial charge in [-0.3, -0.25) is 4.79 Å². The largest absolute Gasteiger partial charge is 0.304 e. The van der Waals surface area contributed by atoms with Crippen molar-refractivity contribution in [1.82, 2.24) is 14.8 Å². The number of anilines is 1. The zero-order chi connectivity index (χ0) is 19.0. The van der Waals surface area contributed by atoms with Crippen LogP contribution in [0.3, 0.4) is 0 Å². The van der Waals surface area contributed by atoms with Crippen molar-refractivity contribution in [3.05, 3.63) is 64.1 Å². The van der Waals surface area contributed by atoms with Gasteiger partial charge in [0.25, 0.3) is 5.91 Å². The molecule has 136 valence electrons. The summed E-state index contributed by atoms with van der Waals surface area (Å²) in [6.45, 7) is 4.89. The van der Waals surface area contributed by atoms with Gasteiger partial charge in [0.1, 0.15) is 0 Å². The van der Waals surface area contributed by atoms with Gasteiger partial charge in [0.2, 0.25) is 0 Å². The van der Waals surface area contributed by atoms with Crippen LogP contribution in [0.5, 0.6) is 0 Å². The third kappa shape index (κ3) is 3.32. The molecule has 2 heterocycles. The molecule has 27 heavy (non-hydrogen) atoms. The number of nitrogens with one attached hydrogen (secondary N) is 1. The predicted octanol–water partition coefficient (Wildman–Crippen LogP) is 5.32. The van der Waals surface area contributed by atoms with Crippen LogP contribution in [-0.2, 0) is 6.54 Å². The summed E-state index contributed by atoms with van der Waals surface area (Å²) in [4.78, 5) is 17.6. The van der Waals surface area contributed by atoms with Gasteiger partial charge in [-0.1, -0.05) is 31.2 Å². The molecule has 0 aliphatic heterocycles. The molecule has 2 aromatic heterocycles. The van der Waals surface area contributed by atoms with E-state index in [9.17, 15) is 4.79 Å². The van der Waals surface area contributed by atoms with Gasteiger partial charge in [-0.25, -0.2) is 9.67 Å². The first-order valence-electron chi connectivity index (χ1n) is 8.90. The number of hydrogen-bond acceptors (Lipinski definition) is 3. The van der Waals surface area contributed by atoms with Gasteiger partial charge >= 0.3 is 0 Å². The van der Waals surface area contributed by atoms with Crippen molar-refractivity contribution in [1.29, 1.82) is 0 Å². The van der Waals surface area contributed by atoms with Gasteiger partial charge in [0, 0.05) is 16.4 Å². The Kier molecular flexibility index (Phi) is 4.66. The lowest BCUT2D eigenvalue weighted by molar-refractivity contribution is 0.102. The zero-order valence-electron chi connectivity index (χ0n) is 15.2. The first-order chi connectivity index (χ1) is 13.1. The molecule has 0 fully saturated rings. The minimum Gasteiger partial charge on any atom is -0.304 e. The number of aryl methyl sites for hydroxylation is 2. The van der Waals surface area contributed by atoms with Crippen LogP contribution in [0.1, 0.15) is 29.3 Å². The molecule has 0 saturated heterocycles. The molecule has 1 amide bonds. The van der Waals surface area contributed by atoms with Crippen LogP contribution >= 0.6 is 15.9 Å². The number of carbonyl (C=O) groups is 1. The van der Waals surface area contributed by atoms with E-state index in [1.807, 2.05) is 35.0 Å². The molecule has 2 aromatic carbocycles. The Bertz CT molecular complexity index is 1170. The average molecular weight is 423 g/mol. The zero-order valence-corrected chi connectivity index (χ0v) is 16.7. The maximum Gasteiger partial charge on any atom is 0.258 e. The van der Waals surface area contributed by atoms with Crippen LogP contribution in [0.2, 0.25) is 0 Å². The van der Waals surface area contributed by atoms with Gasteiger partial charge in [-0.15, -0.1) is 0 Å². The molecule has 0 bridgehead atoms. The third-order valence-corrected chi connectivity index (χ3v) is 5.15. The molecule has 4 aromatic rings. The molecule has 4 rings (SSSR count). The molecule has 0 spiro atoms. The summed E-state index contributed by atoms with van der Waals surface area (Å²) >= 11 is 3.43. The van der Waals surface area contributed by atoms with Crippen molar-refractivity contribution in [3.8, 4) is 0 Å². The minimum atomic E-state index is -0.200. The van der Waals surface area contributed by atoms with Crippen molar-refractivity contribution in [3.63, 3.8) is 0 Å². The van der Waals surface area contributed by atoms with Crippen LogP contribution in [0.15, 0.2) is 53.0 Å². The van der Waals surface area contributed by atoms with Crippen molar-refractivity contribution >= 4 is 49.6 Å². The van der Waals surface area contributed by atoms with E-state index < -0.39 is 0 Å². The normalized spacial score (nSPS) is 11.2. The van der Waals surface area contributed by atoms with E-state index in [0.717, 1.165) is 39.4 Å². The lowest BCUT2D eigenvalue weighted by Crippen LogP contribution is -2.13. The number of aromatic nitrogens is 3. The van der Waals surface area contributed by atoms with Crippen LogP contribution in [0.25, 0.3) is 21.9 Å². The number of hydrogen-bond donors (Lipinski definition) is 1. The van der Waals surface area contributed by atoms with Gasteiger partial charge in [0.05, 0.1) is 16.5 Å². The van der Waals surface area contributed by atoms with E-state index in [0.29, 0.717) is 11.4 Å². The van der Waals surface area contributed by atoms with Crippen LogP contribution in [-0.4, -0.2) is 20.7 Å². The number of benzene rings is 2. The standard InChI is InChI=1S/C21H19BrN4O/c1-3-10-26-20-16(12-14-9-8-13(2)11-18(14)23-20)19(25-26)24-21(27)15-6-4-5-7-17(15)22/h4-9,11-12H,3,10H2,1-2H3,(H,24,25,27). The molecule has 0 aliphatic rings. The third-order valence-electron chi connectivity index (χ3n) is 4.46. The van der Waals surface area contributed by atoms with Crippen LogP contribution < -0.4 is 5.32 Å². The lowest BCUT2D eigenvalue weighted by atomic mass is 10.1. The SMILES string of the molecule is CCCn1nc(NC(=O)c2ccccc2Br)c2cc3ccc(C)cc3nc21. The highest BCUT2D eigenvalue weighted by Crippen LogP contribution is 2.27. The summed E-state index contributed by atoms with van der Waals surface area (Å²) < 4.78 is 2.62. The lowest BCUT2D eigenvalue weighted by Gasteiger charge is -2.05. The highest BCUT2D eigenvalue weighted by atomic mass is 79.9. The van der Waals surface area contributed by atoms with E-state index in [-0.39, 0.29) is 5.91 Å². The highest BCUT2D eigenvalue weighted by Gasteiger charge is 2.17. The number of pyridine rings is 1. The van der Waals surface area contributed by atoms with Gasteiger partial charge in [-0.05, 0) is 59.1 Å². The summed E-state index contributed by atoms with van der Waals surface area (Å²) in [7, 11) is 0. The Morgan fingerprint density at radius 1 is 1.19 bits per heavy atom. The monoisotopic (exact) mass is 422 g/mol. The second-order valence-corrected chi connectivity index (χ2v) is 7.42. The quantitative estimate of drug-likeness (QED) is 0.484. The smallest absolute Gasteiger partial charge is 0.258 e. The number of nitrogens with zero attached hydrogens (tertiary/aromatic N) is 3. The fraction of sp³-hybridized carbons (Fsp3) is 0.190. The Morgan fingerprint density at radius 2 is 2.00 bits per heavy atom. The first kappa shape index (κ1) is 17.7. The van der Waals surface area contributed by atoms with Crippen LogP contribution in [0, 0.1) is 6.92 Å². The summed E-state index contributed by atoms with van der Waals surface area (Å²) in [6.07, 6.45) is 0.932. The van der Waals surface area contributed by atoms with E-state index >= 15 is 0 Å². The Morgan fingerprint density at radius 3 is 2.78 bits per heavy atom.